The van der Waals surface area contributed by atoms with Gasteiger partial charge in [-0.25, -0.2) is 15.0 Å². The highest BCUT2D eigenvalue weighted by Crippen LogP contribution is 2.64. The molecular formula is C67H59N3O. The van der Waals surface area contributed by atoms with Crippen molar-refractivity contribution in [3.05, 3.63) is 197 Å². The van der Waals surface area contributed by atoms with E-state index in [2.05, 4.69) is 164 Å². The van der Waals surface area contributed by atoms with Crippen molar-refractivity contribution in [3.8, 4) is 67.7 Å². The van der Waals surface area contributed by atoms with Crippen LogP contribution in [0.2, 0.25) is 0 Å². The summed E-state index contributed by atoms with van der Waals surface area (Å²) in [5.41, 5.74) is 15.9. The van der Waals surface area contributed by atoms with Gasteiger partial charge in [0.15, 0.2) is 11.6 Å². The maximum Gasteiger partial charge on any atom is 0.163 e. The summed E-state index contributed by atoms with van der Waals surface area (Å²) >= 11 is 0. The molecule has 4 heteroatoms. The van der Waals surface area contributed by atoms with Gasteiger partial charge in [-0.2, -0.15) is 0 Å². The first-order chi connectivity index (χ1) is 35.0. The van der Waals surface area contributed by atoms with Gasteiger partial charge in [0.25, 0.3) is 0 Å². The fourth-order valence-electron chi connectivity index (χ4n) is 17.6. The molecule has 1 spiro atoms. The Morgan fingerprint density at radius 1 is 0.366 bits per heavy atom. The van der Waals surface area contributed by atoms with E-state index in [9.17, 15) is 0 Å². The van der Waals surface area contributed by atoms with Crippen LogP contribution in [0.1, 0.15) is 117 Å². The number of fused-ring (bicyclic) bond motifs is 10. The Labute approximate surface area is 418 Å². The van der Waals surface area contributed by atoms with Crippen LogP contribution in [-0.2, 0) is 16.2 Å². The summed E-state index contributed by atoms with van der Waals surface area (Å²) in [7, 11) is 0. The number of hydrogen-bond acceptors (Lipinski definition) is 4. The number of rotatable bonds is 6. The molecule has 7 aromatic carbocycles. The zero-order chi connectivity index (χ0) is 46.5. The highest BCUT2D eigenvalue weighted by molar-refractivity contribution is 5.97. The predicted molar refractivity (Wildman–Crippen MR) is 283 cm³/mol. The van der Waals surface area contributed by atoms with Crippen LogP contribution in [0.15, 0.2) is 164 Å². The van der Waals surface area contributed by atoms with Crippen LogP contribution in [0.25, 0.3) is 56.2 Å². The van der Waals surface area contributed by atoms with E-state index >= 15 is 0 Å². The van der Waals surface area contributed by atoms with Crippen LogP contribution < -0.4 is 4.74 Å². The van der Waals surface area contributed by atoms with Crippen molar-refractivity contribution in [1.29, 1.82) is 0 Å². The standard InChI is InChI=1S/C67H59N3O/c1-2-16-55-54(14-1)61-53(15-9-19-58(61)67(55)56-17-3-5-20-59(56)71-60-21-6-4-18-57(60)67)50-12-7-10-48(33-50)49-11-8-13-51(34-49)63-68-62(69-64(70-63)66-35-41-22-23-42(36-66)29-43(28-41)40-66)47-24-26-52(27-25-47)65-37-44-30-45(38-65)32-46(31-44)39-65/h1-21,24-27,33-34,41-46H,22-23,28-32,35-40H2/t41-,42?,43+,44-,45+,46?,65?,66?/m1/s1. The largest absolute Gasteiger partial charge is 0.457 e. The topological polar surface area (TPSA) is 47.9 Å². The molecule has 0 radical (unpaired) electrons. The third-order valence-electron chi connectivity index (χ3n) is 19.8. The molecule has 2 unspecified atom stereocenters. The molecule has 4 nitrogen and oxygen atoms in total. The fourth-order valence-corrected chi connectivity index (χ4v) is 17.6. The van der Waals surface area contributed by atoms with Crippen LogP contribution in [-0.4, -0.2) is 15.0 Å². The molecule has 8 saturated carbocycles. The minimum absolute atomic E-state index is 0.0342. The van der Waals surface area contributed by atoms with Crippen LogP contribution in [0, 0.1) is 35.5 Å². The van der Waals surface area contributed by atoms with Crippen molar-refractivity contribution in [2.75, 3.05) is 0 Å². The minimum Gasteiger partial charge on any atom is -0.457 e. The molecule has 0 saturated heterocycles. The lowest BCUT2D eigenvalue weighted by Crippen LogP contribution is -2.48. The van der Waals surface area contributed by atoms with Crippen molar-refractivity contribution in [2.24, 2.45) is 35.5 Å². The molecule has 18 rings (SSSR count). The van der Waals surface area contributed by atoms with Crippen molar-refractivity contribution in [2.45, 2.75) is 99.7 Å². The van der Waals surface area contributed by atoms with E-state index < -0.39 is 5.41 Å². The van der Waals surface area contributed by atoms with Gasteiger partial charge in [0, 0.05) is 27.7 Å². The van der Waals surface area contributed by atoms with Gasteiger partial charge in [0.1, 0.15) is 17.3 Å². The minimum atomic E-state index is -0.507. The Bertz CT molecular complexity index is 3380. The summed E-state index contributed by atoms with van der Waals surface area (Å²) in [4.78, 5) is 16.6. The summed E-state index contributed by atoms with van der Waals surface area (Å²) in [5, 5.41) is 0. The van der Waals surface area contributed by atoms with Gasteiger partial charge in [-0.05, 0) is 186 Å². The smallest absolute Gasteiger partial charge is 0.163 e. The van der Waals surface area contributed by atoms with Gasteiger partial charge < -0.3 is 4.74 Å². The lowest BCUT2D eigenvalue weighted by Gasteiger charge is -2.57. The Hall–Kier alpha value is -6.65. The molecule has 0 N–H and O–H groups in total. The van der Waals surface area contributed by atoms with Crippen LogP contribution in [0.5, 0.6) is 11.5 Å². The third kappa shape index (κ3) is 6.12. The molecule has 1 aliphatic heterocycles. The van der Waals surface area contributed by atoms with E-state index in [-0.39, 0.29) is 5.41 Å². The normalized spacial score (nSPS) is 28.5. The molecule has 4 atom stereocenters. The number of benzene rings is 7. The van der Waals surface area contributed by atoms with Crippen molar-refractivity contribution in [3.63, 3.8) is 0 Å². The van der Waals surface area contributed by atoms with E-state index in [0.29, 0.717) is 5.41 Å². The van der Waals surface area contributed by atoms with Gasteiger partial charge >= 0.3 is 0 Å². The maximum absolute atomic E-state index is 6.64. The molecule has 8 bridgehead atoms. The number of hydrogen-bond donors (Lipinski definition) is 0. The molecule has 10 aliphatic rings. The zero-order valence-electron chi connectivity index (χ0n) is 40.5. The summed E-state index contributed by atoms with van der Waals surface area (Å²) in [5.74, 6) is 9.68. The van der Waals surface area contributed by atoms with E-state index in [1.54, 1.807) is 5.56 Å². The number of aromatic nitrogens is 3. The Kier molecular flexibility index (Phi) is 8.77. The molecule has 2 heterocycles. The maximum atomic E-state index is 6.64. The Morgan fingerprint density at radius 2 is 0.845 bits per heavy atom. The number of ether oxygens (including phenoxy) is 1. The molecule has 9 aliphatic carbocycles. The molecule has 71 heavy (non-hydrogen) atoms. The monoisotopic (exact) mass is 921 g/mol. The SMILES string of the molecule is c1cc(-c2cccc(-c3cccc4c3-c3ccccc3C43c4ccccc4Oc4ccccc43)c2)cc(-c2nc(-c3ccc(C45CC6C[C@H](C4)C[C@@H](C6)C5)cc3)nc(C34CC5CC[C@H](C[C@@H](C5)C3)C4)n2)c1. The summed E-state index contributed by atoms with van der Waals surface area (Å²) in [6.45, 7) is 0. The van der Waals surface area contributed by atoms with E-state index in [1.807, 2.05) is 0 Å². The van der Waals surface area contributed by atoms with Crippen molar-refractivity contribution in [1.82, 2.24) is 15.0 Å². The highest BCUT2D eigenvalue weighted by atomic mass is 16.5. The van der Waals surface area contributed by atoms with E-state index in [4.69, 9.17) is 19.7 Å². The van der Waals surface area contributed by atoms with Gasteiger partial charge in [-0.1, -0.05) is 152 Å². The van der Waals surface area contributed by atoms with E-state index in [0.717, 1.165) is 81.2 Å². The first-order valence-corrected chi connectivity index (χ1v) is 27.2. The second-order valence-electron chi connectivity index (χ2n) is 23.9. The highest BCUT2D eigenvalue weighted by Gasteiger charge is 2.54. The summed E-state index contributed by atoms with van der Waals surface area (Å²) in [6.07, 6.45) is 17.8. The number of nitrogens with zero attached hydrogens (tertiary/aromatic N) is 3. The fraction of sp³-hybridized carbons (Fsp3) is 0.328. The Morgan fingerprint density at radius 3 is 1.51 bits per heavy atom. The molecule has 1 aromatic heterocycles. The molecular weight excluding hydrogens is 863 g/mol. The molecule has 348 valence electrons. The third-order valence-corrected chi connectivity index (χ3v) is 19.8. The second kappa shape index (κ2) is 15.2. The molecule has 0 amide bonds. The van der Waals surface area contributed by atoms with Crippen molar-refractivity contribution >= 4 is 0 Å². The first kappa shape index (κ1) is 41.0. The van der Waals surface area contributed by atoms with Crippen molar-refractivity contribution < 1.29 is 4.74 Å². The second-order valence-corrected chi connectivity index (χ2v) is 23.9. The van der Waals surface area contributed by atoms with E-state index in [1.165, 1.54) is 134 Å². The lowest BCUT2D eigenvalue weighted by molar-refractivity contribution is -0.00518. The predicted octanol–water partition coefficient (Wildman–Crippen LogP) is 16.3. The van der Waals surface area contributed by atoms with Crippen LogP contribution in [0.4, 0.5) is 0 Å². The van der Waals surface area contributed by atoms with Gasteiger partial charge in [0.2, 0.25) is 0 Å². The average Bonchev–Trinajstić information content (AvgIpc) is 3.53. The summed E-state index contributed by atoms with van der Waals surface area (Å²) in [6, 6.07) is 61.1. The van der Waals surface area contributed by atoms with Gasteiger partial charge in [0.05, 0.1) is 5.41 Å². The number of para-hydroxylation sites is 2. The van der Waals surface area contributed by atoms with Gasteiger partial charge in [-0.3, -0.25) is 0 Å². The van der Waals surface area contributed by atoms with Crippen LogP contribution in [0.3, 0.4) is 0 Å². The average molecular weight is 922 g/mol. The van der Waals surface area contributed by atoms with Gasteiger partial charge in [-0.15, -0.1) is 0 Å². The zero-order valence-corrected chi connectivity index (χ0v) is 40.5. The van der Waals surface area contributed by atoms with Crippen LogP contribution >= 0.6 is 0 Å². The molecule has 8 fully saturated rings. The first-order valence-electron chi connectivity index (χ1n) is 27.2. The molecule has 8 aromatic rings. The quantitative estimate of drug-likeness (QED) is 0.167. The lowest BCUT2D eigenvalue weighted by atomic mass is 9.48. The Balaban J connectivity index is 0.800. The summed E-state index contributed by atoms with van der Waals surface area (Å²) < 4.78 is 6.64.